The summed E-state index contributed by atoms with van der Waals surface area (Å²) in [4.78, 5) is 3.91. The van der Waals surface area contributed by atoms with Crippen molar-refractivity contribution in [2.75, 3.05) is 7.05 Å². The number of hydrogen-bond donors (Lipinski definition) is 0. The molecule has 0 saturated heterocycles. The molecule has 58 valence electrons. The Morgan fingerprint density at radius 1 is 1.60 bits per heavy atom. The van der Waals surface area contributed by atoms with Gasteiger partial charge in [0.1, 0.15) is 0 Å². The molecule has 0 fully saturated rings. The standard InChI is InChI=1S/C8H14BrN/c1-4-5-7(2)8(9)6-10-3/h6H,4-5H2,1-3H3/b8-7+,10-6?. The smallest absolute Gasteiger partial charge is 0.0350 e. The molecular formula is C8H14BrN. The van der Waals surface area contributed by atoms with Gasteiger partial charge in [-0.1, -0.05) is 18.9 Å². The molecule has 0 aromatic carbocycles. The van der Waals surface area contributed by atoms with Gasteiger partial charge in [0.2, 0.25) is 0 Å². The summed E-state index contributed by atoms with van der Waals surface area (Å²) in [6, 6.07) is 0. The summed E-state index contributed by atoms with van der Waals surface area (Å²) in [5.74, 6) is 0. The van der Waals surface area contributed by atoms with E-state index in [1.807, 2.05) is 6.21 Å². The lowest BCUT2D eigenvalue weighted by atomic mass is 10.2. The Morgan fingerprint density at radius 2 is 2.20 bits per heavy atom. The molecule has 0 aliphatic rings. The van der Waals surface area contributed by atoms with Gasteiger partial charge >= 0.3 is 0 Å². The Morgan fingerprint density at radius 3 is 2.60 bits per heavy atom. The summed E-state index contributed by atoms with van der Waals surface area (Å²) in [5.41, 5.74) is 1.37. The van der Waals surface area contributed by atoms with Crippen LogP contribution in [0.5, 0.6) is 0 Å². The summed E-state index contributed by atoms with van der Waals surface area (Å²) in [7, 11) is 1.78. The highest BCUT2D eigenvalue weighted by Gasteiger charge is 1.92. The predicted molar refractivity (Wildman–Crippen MR) is 51.0 cm³/mol. The number of nitrogens with zero attached hydrogens (tertiary/aromatic N) is 1. The molecule has 0 aromatic heterocycles. The van der Waals surface area contributed by atoms with Gasteiger partial charge < -0.3 is 0 Å². The first kappa shape index (κ1) is 9.89. The first-order valence-corrected chi connectivity index (χ1v) is 4.29. The molecule has 0 amide bonds. The molecule has 0 N–H and O–H groups in total. The van der Waals surface area contributed by atoms with E-state index < -0.39 is 0 Å². The maximum Gasteiger partial charge on any atom is 0.0350 e. The van der Waals surface area contributed by atoms with Crippen molar-refractivity contribution in [2.24, 2.45) is 4.99 Å². The third kappa shape index (κ3) is 3.83. The molecule has 0 aliphatic heterocycles. The van der Waals surface area contributed by atoms with Crippen LogP contribution in [0.2, 0.25) is 0 Å². The van der Waals surface area contributed by atoms with Crippen molar-refractivity contribution < 1.29 is 0 Å². The molecule has 0 unspecified atom stereocenters. The average molecular weight is 204 g/mol. The summed E-state index contributed by atoms with van der Waals surface area (Å²) in [6.45, 7) is 4.29. The molecule has 1 nitrogen and oxygen atoms in total. The minimum Gasteiger partial charge on any atom is -0.295 e. The molecule has 0 radical (unpaired) electrons. The molecule has 0 aromatic rings. The fourth-order valence-electron chi connectivity index (χ4n) is 0.718. The van der Waals surface area contributed by atoms with Crippen LogP contribution in [0.25, 0.3) is 0 Å². The second kappa shape index (κ2) is 5.66. The minimum atomic E-state index is 1.12. The molecule has 0 heterocycles. The molecule has 0 rings (SSSR count). The molecule has 0 saturated carbocycles. The Balaban J connectivity index is 4.04. The van der Waals surface area contributed by atoms with Gasteiger partial charge in [0.05, 0.1) is 0 Å². The molecule has 0 atom stereocenters. The molecule has 10 heavy (non-hydrogen) atoms. The monoisotopic (exact) mass is 203 g/mol. The SMILES string of the molecule is CCC/C(C)=C(/Br)C=NC. The first-order valence-electron chi connectivity index (χ1n) is 3.49. The van der Waals surface area contributed by atoms with Crippen LogP contribution in [0.1, 0.15) is 26.7 Å². The van der Waals surface area contributed by atoms with Gasteiger partial charge in [-0.2, -0.15) is 0 Å². The summed E-state index contributed by atoms with van der Waals surface area (Å²) >= 11 is 3.43. The summed E-state index contributed by atoms with van der Waals surface area (Å²) in [5, 5.41) is 0. The maximum absolute atomic E-state index is 3.91. The van der Waals surface area contributed by atoms with E-state index in [2.05, 4.69) is 34.8 Å². The van der Waals surface area contributed by atoms with Gasteiger partial charge in [-0.05, 0) is 29.3 Å². The van der Waals surface area contributed by atoms with Crippen molar-refractivity contribution >= 4 is 22.1 Å². The highest BCUT2D eigenvalue weighted by atomic mass is 79.9. The van der Waals surface area contributed by atoms with Crippen LogP contribution < -0.4 is 0 Å². The normalized spacial score (nSPS) is 14.0. The van der Waals surface area contributed by atoms with E-state index in [0.29, 0.717) is 0 Å². The van der Waals surface area contributed by atoms with Gasteiger partial charge in [-0.15, -0.1) is 0 Å². The highest BCUT2D eigenvalue weighted by Crippen LogP contribution is 2.13. The second-order valence-corrected chi connectivity index (χ2v) is 3.12. The van der Waals surface area contributed by atoms with E-state index in [0.717, 1.165) is 10.9 Å². The lowest BCUT2D eigenvalue weighted by Gasteiger charge is -1.97. The van der Waals surface area contributed by atoms with Crippen LogP contribution in [0.15, 0.2) is 15.0 Å². The van der Waals surface area contributed by atoms with Crippen LogP contribution in [0.3, 0.4) is 0 Å². The Kier molecular flexibility index (Phi) is 5.60. The van der Waals surface area contributed by atoms with Crippen LogP contribution in [0, 0.1) is 0 Å². The third-order valence-corrected chi connectivity index (χ3v) is 2.16. The quantitative estimate of drug-likeness (QED) is 0.626. The van der Waals surface area contributed by atoms with Gasteiger partial charge in [0, 0.05) is 17.7 Å². The topological polar surface area (TPSA) is 12.4 Å². The van der Waals surface area contributed by atoms with Gasteiger partial charge in [-0.25, -0.2) is 0 Å². The fourth-order valence-corrected chi connectivity index (χ4v) is 1.12. The van der Waals surface area contributed by atoms with Crippen molar-refractivity contribution in [3.05, 3.63) is 10.1 Å². The summed E-state index contributed by atoms with van der Waals surface area (Å²) in [6.07, 6.45) is 4.18. The van der Waals surface area contributed by atoms with Crippen molar-refractivity contribution in [2.45, 2.75) is 26.7 Å². The van der Waals surface area contributed by atoms with Crippen molar-refractivity contribution in [1.29, 1.82) is 0 Å². The number of halogens is 1. The van der Waals surface area contributed by atoms with Crippen molar-refractivity contribution in [3.63, 3.8) is 0 Å². The highest BCUT2D eigenvalue weighted by molar-refractivity contribution is 9.12. The zero-order valence-corrected chi connectivity index (χ0v) is 8.40. The van der Waals surface area contributed by atoms with Gasteiger partial charge in [0.15, 0.2) is 0 Å². The van der Waals surface area contributed by atoms with E-state index in [1.54, 1.807) is 7.05 Å². The molecule has 0 aliphatic carbocycles. The van der Waals surface area contributed by atoms with Crippen LogP contribution >= 0.6 is 15.9 Å². The lowest BCUT2D eigenvalue weighted by Crippen LogP contribution is -1.81. The van der Waals surface area contributed by atoms with E-state index in [9.17, 15) is 0 Å². The fraction of sp³-hybridized carbons (Fsp3) is 0.625. The number of hydrogen-bond acceptors (Lipinski definition) is 1. The Bertz CT molecular complexity index is 147. The third-order valence-electron chi connectivity index (χ3n) is 1.28. The number of allylic oxidation sites excluding steroid dienone is 2. The zero-order valence-electron chi connectivity index (χ0n) is 6.82. The largest absolute Gasteiger partial charge is 0.295 e. The zero-order chi connectivity index (χ0) is 7.98. The van der Waals surface area contributed by atoms with Crippen LogP contribution in [-0.4, -0.2) is 13.3 Å². The Hall–Kier alpha value is -0.110. The Labute approximate surface area is 71.4 Å². The van der Waals surface area contributed by atoms with Crippen LogP contribution in [-0.2, 0) is 0 Å². The second-order valence-electron chi connectivity index (χ2n) is 2.27. The van der Waals surface area contributed by atoms with E-state index in [4.69, 9.17) is 0 Å². The molecule has 0 spiro atoms. The van der Waals surface area contributed by atoms with E-state index >= 15 is 0 Å². The average Bonchev–Trinajstić information content (AvgIpc) is 1.89. The van der Waals surface area contributed by atoms with Gasteiger partial charge in [-0.3, -0.25) is 4.99 Å². The predicted octanol–water partition coefficient (Wildman–Crippen LogP) is 3.16. The lowest BCUT2D eigenvalue weighted by molar-refractivity contribution is 0.906. The van der Waals surface area contributed by atoms with Gasteiger partial charge in [0.25, 0.3) is 0 Å². The first-order chi connectivity index (χ1) is 4.72. The van der Waals surface area contributed by atoms with Crippen molar-refractivity contribution in [1.82, 2.24) is 0 Å². The van der Waals surface area contributed by atoms with E-state index in [-0.39, 0.29) is 0 Å². The minimum absolute atomic E-state index is 1.12. The van der Waals surface area contributed by atoms with Crippen LogP contribution in [0.4, 0.5) is 0 Å². The van der Waals surface area contributed by atoms with E-state index in [1.165, 1.54) is 12.0 Å². The molecule has 0 bridgehead atoms. The molecular weight excluding hydrogens is 190 g/mol. The number of rotatable bonds is 3. The summed E-state index contributed by atoms with van der Waals surface area (Å²) < 4.78 is 1.12. The maximum atomic E-state index is 3.91. The van der Waals surface area contributed by atoms with Crippen molar-refractivity contribution in [3.8, 4) is 0 Å². The molecule has 2 heteroatoms. The number of aliphatic imine (C=N–C) groups is 1.